The molecule has 2 aliphatic heterocycles. The quantitative estimate of drug-likeness (QED) is 0.225. The van der Waals surface area contributed by atoms with Crippen molar-refractivity contribution in [2.45, 2.75) is 5.41 Å². The summed E-state index contributed by atoms with van der Waals surface area (Å²) in [5.41, 5.74) is 11.7. The zero-order valence-electron chi connectivity index (χ0n) is 20.7. The SMILES string of the molecule is c1ccc2c(c1)-n1c3ccncc3c3cccc(c31)C21c2ccncc2-n2c3ccncc3c3cccc1c32. The van der Waals surface area contributed by atoms with E-state index in [1.54, 1.807) is 0 Å². The number of benzene rings is 3. The fourth-order valence-corrected chi connectivity index (χ4v) is 7.67. The van der Waals surface area contributed by atoms with Crippen LogP contribution in [0.4, 0.5) is 0 Å². The molecule has 2 aliphatic rings. The van der Waals surface area contributed by atoms with E-state index in [1.165, 1.54) is 60.6 Å². The number of hydrogen-bond acceptors (Lipinski definition) is 3. The lowest BCUT2D eigenvalue weighted by molar-refractivity contribution is 0.710. The molecule has 5 heteroatoms. The molecule has 0 amide bonds. The van der Waals surface area contributed by atoms with Crippen LogP contribution in [0.25, 0.3) is 55.0 Å². The van der Waals surface area contributed by atoms with Gasteiger partial charge in [0.15, 0.2) is 0 Å². The van der Waals surface area contributed by atoms with Crippen LogP contribution in [0.3, 0.4) is 0 Å². The van der Waals surface area contributed by atoms with E-state index in [-0.39, 0.29) is 0 Å². The molecular weight excluding hydrogens is 478 g/mol. The number of hydrogen-bond donors (Lipinski definition) is 0. The minimum Gasteiger partial charge on any atom is -0.308 e. The summed E-state index contributed by atoms with van der Waals surface area (Å²) in [5, 5.41) is 4.76. The third-order valence-electron chi connectivity index (χ3n) is 8.98. The fraction of sp³-hybridized carbons (Fsp3) is 0.0294. The van der Waals surface area contributed by atoms with Gasteiger partial charge in [0.25, 0.3) is 0 Å². The summed E-state index contributed by atoms with van der Waals surface area (Å²) < 4.78 is 4.84. The molecule has 10 rings (SSSR count). The van der Waals surface area contributed by atoms with Crippen molar-refractivity contribution in [3.8, 4) is 11.4 Å². The smallest absolute Gasteiger partial charge is 0.0784 e. The normalized spacial score (nSPS) is 16.8. The van der Waals surface area contributed by atoms with Gasteiger partial charge in [-0.2, -0.15) is 0 Å². The molecule has 8 aromatic rings. The number of pyridine rings is 3. The van der Waals surface area contributed by atoms with Crippen LogP contribution in [0.5, 0.6) is 0 Å². The van der Waals surface area contributed by atoms with Crippen molar-refractivity contribution in [3.05, 3.63) is 138 Å². The predicted octanol–water partition coefficient (Wildman–Crippen LogP) is 7.08. The summed E-state index contributed by atoms with van der Waals surface area (Å²) in [5.74, 6) is 0. The topological polar surface area (TPSA) is 48.5 Å². The molecule has 39 heavy (non-hydrogen) atoms. The van der Waals surface area contributed by atoms with E-state index in [4.69, 9.17) is 0 Å². The first-order chi connectivity index (χ1) is 19.4. The molecule has 7 heterocycles. The van der Waals surface area contributed by atoms with Gasteiger partial charge >= 0.3 is 0 Å². The molecule has 3 aromatic carbocycles. The largest absolute Gasteiger partial charge is 0.308 e. The van der Waals surface area contributed by atoms with Crippen LogP contribution in [-0.4, -0.2) is 24.1 Å². The lowest BCUT2D eigenvalue weighted by Crippen LogP contribution is -2.38. The second-order valence-electron chi connectivity index (χ2n) is 10.5. The van der Waals surface area contributed by atoms with E-state index < -0.39 is 5.41 Å². The van der Waals surface area contributed by atoms with Crippen molar-refractivity contribution in [1.82, 2.24) is 24.1 Å². The van der Waals surface area contributed by atoms with Gasteiger partial charge in [-0.1, -0.05) is 54.6 Å². The summed E-state index contributed by atoms with van der Waals surface area (Å²) in [6, 6.07) is 28.9. The summed E-state index contributed by atoms with van der Waals surface area (Å²) in [7, 11) is 0. The molecule has 0 aliphatic carbocycles. The van der Waals surface area contributed by atoms with Crippen LogP contribution in [0.1, 0.15) is 22.3 Å². The Kier molecular flexibility index (Phi) is 3.34. The van der Waals surface area contributed by atoms with Gasteiger partial charge in [0, 0.05) is 52.5 Å². The molecule has 0 bridgehead atoms. The number of aromatic nitrogens is 5. The zero-order chi connectivity index (χ0) is 25.3. The van der Waals surface area contributed by atoms with E-state index in [9.17, 15) is 0 Å². The van der Waals surface area contributed by atoms with Crippen LogP contribution in [-0.2, 0) is 5.41 Å². The Morgan fingerprint density at radius 2 is 0.974 bits per heavy atom. The van der Waals surface area contributed by atoms with Crippen molar-refractivity contribution in [2.24, 2.45) is 0 Å². The molecule has 5 aromatic heterocycles. The van der Waals surface area contributed by atoms with E-state index in [1.807, 2.05) is 37.2 Å². The van der Waals surface area contributed by atoms with Crippen molar-refractivity contribution < 1.29 is 0 Å². The van der Waals surface area contributed by atoms with Gasteiger partial charge in [0.1, 0.15) is 0 Å². The monoisotopic (exact) mass is 497 g/mol. The van der Waals surface area contributed by atoms with Crippen LogP contribution in [0, 0.1) is 0 Å². The molecular formula is C34H19N5. The molecule has 0 N–H and O–H groups in total. The van der Waals surface area contributed by atoms with Gasteiger partial charge in [-0.15, -0.1) is 0 Å². The molecule has 0 saturated carbocycles. The highest BCUT2D eigenvalue weighted by Crippen LogP contribution is 2.58. The van der Waals surface area contributed by atoms with Crippen molar-refractivity contribution >= 4 is 43.6 Å². The average molecular weight is 498 g/mol. The molecule has 0 fully saturated rings. The molecule has 0 saturated heterocycles. The van der Waals surface area contributed by atoms with Crippen LogP contribution in [0.15, 0.2) is 116 Å². The van der Waals surface area contributed by atoms with Gasteiger partial charge in [-0.05, 0) is 46.5 Å². The second-order valence-corrected chi connectivity index (χ2v) is 10.5. The summed E-state index contributed by atoms with van der Waals surface area (Å²) in [4.78, 5) is 13.7. The lowest BCUT2D eigenvalue weighted by Gasteiger charge is -2.45. The molecule has 1 spiro atoms. The average Bonchev–Trinajstić information content (AvgIpc) is 3.52. The molecule has 1 unspecified atom stereocenters. The highest BCUT2D eigenvalue weighted by atomic mass is 15.0. The zero-order valence-corrected chi connectivity index (χ0v) is 20.7. The summed E-state index contributed by atoms with van der Waals surface area (Å²) in [6.45, 7) is 0. The second kappa shape index (κ2) is 6.58. The van der Waals surface area contributed by atoms with Gasteiger partial charge in [-0.25, -0.2) is 0 Å². The van der Waals surface area contributed by atoms with Crippen LogP contribution >= 0.6 is 0 Å². The van der Waals surface area contributed by atoms with Gasteiger partial charge < -0.3 is 9.13 Å². The first-order valence-corrected chi connectivity index (χ1v) is 13.2. The van der Waals surface area contributed by atoms with Gasteiger partial charge in [0.05, 0.1) is 45.1 Å². The van der Waals surface area contributed by atoms with E-state index in [0.717, 1.165) is 16.6 Å². The number of nitrogens with zero attached hydrogens (tertiary/aromatic N) is 5. The lowest BCUT2D eigenvalue weighted by atomic mass is 9.61. The van der Waals surface area contributed by atoms with E-state index in [2.05, 4.69) is 103 Å². The molecule has 1 atom stereocenters. The van der Waals surface area contributed by atoms with Crippen LogP contribution < -0.4 is 0 Å². The van der Waals surface area contributed by atoms with Gasteiger partial charge in [-0.3, -0.25) is 15.0 Å². The maximum absolute atomic E-state index is 4.66. The van der Waals surface area contributed by atoms with Crippen molar-refractivity contribution in [3.63, 3.8) is 0 Å². The highest BCUT2D eigenvalue weighted by Gasteiger charge is 2.50. The van der Waals surface area contributed by atoms with Crippen molar-refractivity contribution in [1.29, 1.82) is 0 Å². The van der Waals surface area contributed by atoms with E-state index in [0.29, 0.717) is 0 Å². The Balaban J connectivity index is 1.54. The summed E-state index contributed by atoms with van der Waals surface area (Å²) in [6.07, 6.45) is 11.7. The number of para-hydroxylation sites is 3. The predicted molar refractivity (Wildman–Crippen MR) is 154 cm³/mol. The highest BCUT2D eigenvalue weighted by molar-refractivity contribution is 6.15. The van der Waals surface area contributed by atoms with Crippen molar-refractivity contribution in [2.75, 3.05) is 0 Å². The number of fused-ring (bicyclic) bond motifs is 14. The Morgan fingerprint density at radius 1 is 0.436 bits per heavy atom. The Morgan fingerprint density at radius 3 is 1.67 bits per heavy atom. The Hall–Kier alpha value is -5.29. The first-order valence-electron chi connectivity index (χ1n) is 13.2. The standard InChI is InChI=1S/C34H19N5/c1-2-10-30-24(7-1)34(26-8-3-5-20-22-17-35-15-12-28(22)38(30)32(20)26)25-11-14-37-19-31(25)39-29-13-16-36-18-23(29)21-6-4-9-27(34)33(21)39/h1-19H. The fourth-order valence-electron chi connectivity index (χ4n) is 7.67. The maximum Gasteiger partial charge on any atom is 0.0784 e. The molecule has 5 nitrogen and oxygen atoms in total. The minimum atomic E-state index is -0.524. The van der Waals surface area contributed by atoms with E-state index >= 15 is 0 Å². The minimum absolute atomic E-state index is 0.524. The Bertz CT molecular complexity index is 2190. The molecule has 0 radical (unpaired) electrons. The number of rotatable bonds is 0. The van der Waals surface area contributed by atoms with Crippen LogP contribution in [0.2, 0.25) is 0 Å². The summed E-state index contributed by atoms with van der Waals surface area (Å²) >= 11 is 0. The Labute approximate surface area is 222 Å². The third kappa shape index (κ3) is 2.05. The van der Waals surface area contributed by atoms with Gasteiger partial charge in [0.2, 0.25) is 0 Å². The first kappa shape index (κ1) is 19.8. The molecule has 180 valence electrons. The maximum atomic E-state index is 4.66. The third-order valence-corrected chi connectivity index (χ3v) is 8.98.